The van der Waals surface area contributed by atoms with Crippen LogP contribution >= 0.6 is 0 Å². The summed E-state index contributed by atoms with van der Waals surface area (Å²) in [6.07, 6.45) is 3.19. The summed E-state index contributed by atoms with van der Waals surface area (Å²) in [6.45, 7) is 4.37. The lowest BCUT2D eigenvalue weighted by molar-refractivity contribution is -0.192. The molecule has 0 aliphatic carbocycles. The van der Waals surface area contributed by atoms with Crippen molar-refractivity contribution in [3.05, 3.63) is 47.7 Å². The van der Waals surface area contributed by atoms with Crippen molar-refractivity contribution in [2.75, 3.05) is 30.8 Å². The lowest BCUT2D eigenvalue weighted by Gasteiger charge is -2.37. The van der Waals surface area contributed by atoms with Gasteiger partial charge in [-0.25, -0.2) is 22.6 Å². The van der Waals surface area contributed by atoms with E-state index in [4.69, 9.17) is 9.90 Å². The molecule has 1 aromatic carbocycles. The summed E-state index contributed by atoms with van der Waals surface area (Å²) >= 11 is 0. The molecule has 0 radical (unpaired) electrons. The number of alkyl halides is 3. The average molecular weight is 575 g/mol. The smallest absolute Gasteiger partial charge is 0.475 e. The summed E-state index contributed by atoms with van der Waals surface area (Å²) in [5, 5.41) is 7.12. The maximum absolute atomic E-state index is 14.5. The van der Waals surface area contributed by atoms with Crippen LogP contribution in [0.3, 0.4) is 0 Å². The number of carbonyl (C=O) groups excluding carboxylic acids is 1. The highest BCUT2D eigenvalue weighted by Gasteiger charge is 2.39. The molecule has 0 bridgehead atoms. The van der Waals surface area contributed by atoms with Crippen molar-refractivity contribution < 1.29 is 40.7 Å². The largest absolute Gasteiger partial charge is 0.490 e. The first kappa shape index (κ1) is 30.3. The monoisotopic (exact) mass is 574 g/mol. The molecule has 9 nitrogen and oxygen atoms in total. The first-order valence-electron chi connectivity index (χ1n) is 12.4. The molecule has 2 saturated heterocycles. The van der Waals surface area contributed by atoms with Gasteiger partial charge in [-0.15, -0.1) is 0 Å². The SMILES string of the molecule is CCc1cnc(N2CCC(N3CC[C@H](Cc4ccc(S(C)(=O)=O)cc4F)C3=O)CC2)cn1.O=C(O)C(F)(F)F. The highest BCUT2D eigenvalue weighted by atomic mass is 32.2. The fourth-order valence-corrected chi connectivity index (χ4v) is 5.24. The van der Waals surface area contributed by atoms with E-state index < -0.39 is 27.8 Å². The Balaban J connectivity index is 0.000000532. The van der Waals surface area contributed by atoms with Gasteiger partial charge in [0.2, 0.25) is 5.91 Å². The number of hydrogen-bond donors (Lipinski definition) is 1. The predicted octanol–water partition coefficient (Wildman–Crippen LogP) is 3.27. The number of likely N-dealkylation sites (tertiary alicyclic amines) is 1. The van der Waals surface area contributed by atoms with Gasteiger partial charge in [-0.2, -0.15) is 13.2 Å². The van der Waals surface area contributed by atoms with Crippen molar-refractivity contribution in [1.29, 1.82) is 0 Å². The van der Waals surface area contributed by atoms with Gasteiger partial charge in [0.25, 0.3) is 0 Å². The molecule has 3 heterocycles. The first-order chi connectivity index (χ1) is 18.2. The van der Waals surface area contributed by atoms with Crippen molar-refractivity contribution in [2.45, 2.75) is 56.1 Å². The molecular weight excluding hydrogens is 544 g/mol. The molecule has 1 N–H and O–H groups in total. The van der Waals surface area contributed by atoms with Crippen LogP contribution in [0.5, 0.6) is 0 Å². The van der Waals surface area contributed by atoms with Crippen LogP contribution in [-0.2, 0) is 32.3 Å². The number of aliphatic carboxylic acids is 1. The molecule has 2 fully saturated rings. The molecule has 39 heavy (non-hydrogen) atoms. The molecule has 2 aliphatic rings. The summed E-state index contributed by atoms with van der Waals surface area (Å²) in [7, 11) is -3.46. The fraction of sp³-hybridized carbons (Fsp3) is 0.520. The van der Waals surface area contributed by atoms with Gasteiger partial charge in [0, 0.05) is 37.8 Å². The normalized spacial score (nSPS) is 18.6. The number of amides is 1. The topological polar surface area (TPSA) is 121 Å². The van der Waals surface area contributed by atoms with Crippen molar-refractivity contribution >= 4 is 27.5 Å². The van der Waals surface area contributed by atoms with E-state index in [1.54, 1.807) is 0 Å². The maximum atomic E-state index is 14.5. The molecular formula is C25H30F4N4O5S. The van der Waals surface area contributed by atoms with Crippen LogP contribution in [0.4, 0.5) is 23.4 Å². The predicted molar refractivity (Wildman–Crippen MR) is 133 cm³/mol. The van der Waals surface area contributed by atoms with Gasteiger partial charge >= 0.3 is 12.1 Å². The molecule has 2 aromatic rings. The number of carbonyl (C=O) groups is 2. The van der Waals surface area contributed by atoms with Crippen molar-refractivity contribution in [3.8, 4) is 0 Å². The third-order valence-electron chi connectivity index (χ3n) is 6.80. The third kappa shape index (κ3) is 7.87. The van der Waals surface area contributed by atoms with Crippen LogP contribution in [0, 0.1) is 11.7 Å². The fourth-order valence-electron chi connectivity index (χ4n) is 4.61. The second-order valence-corrected chi connectivity index (χ2v) is 11.5. The van der Waals surface area contributed by atoms with Gasteiger partial charge in [0.15, 0.2) is 9.84 Å². The number of carboxylic acids is 1. The van der Waals surface area contributed by atoms with Crippen molar-refractivity contribution in [3.63, 3.8) is 0 Å². The van der Waals surface area contributed by atoms with Crippen molar-refractivity contribution in [2.24, 2.45) is 5.92 Å². The van der Waals surface area contributed by atoms with Crippen LogP contribution < -0.4 is 4.90 Å². The molecule has 4 rings (SSSR count). The third-order valence-corrected chi connectivity index (χ3v) is 7.91. The number of piperidine rings is 1. The second kappa shape index (κ2) is 12.3. The lowest BCUT2D eigenvalue weighted by atomic mass is 9.97. The van der Waals surface area contributed by atoms with Crippen LogP contribution in [0.1, 0.15) is 37.4 Å². The Morgan fingerprint density at radius 1 is 1.10 bits per heavy atom. The van der Waals surface area contributed by atoms with E-state index in [1.165, 1.54) is 12.1 Å². The minimum atomic E-state index is -5.08. The maximum Gasteiger partial charge on any atom is 0.490 e. The molecule has 0 spiro atoms. The Kier molecular flexibility index (Phi) is 9.51. The van der Waals surface area contributed by atoms with E-state index in [0.717, 1.165) is 56.2 Å². The first-order valence-corrected chi connectivity index (χ1v) is 14.2. The zero-order chi connectivity index (χ0) is 29.0. The minimum Gasteiger partial charge on any atom is -0.475 e. The van der Waals surface area contributed by atoms with E-state index in [-0.39, 0.29) is 22.8 Å². The van der Waals surface area contributed by atoms with Gasteiger partial charge < -0.3 is 14.9 Å². The number of carboxylic acid groups (broad SMARTS) is 1. The number of rotatable bonds is 6. The number of aromatic nitrogens is 2. The number of nitrogens with zero attached hydrogens (tertiary/aromatic N) is 4. The lowest BCUT2D eigenvalue weighted by Crippen LogP contribution is -2.46. The average Bonchev–Trinajstić information content (AvgIpc) is 3.24. The van der Waals surface area contributed by atoms with E-state index in [9.17, 15) is 30.8 Å². The van der Waals surface area contributed by atoms with Crippen LogP contribution in [0.25, 0.3) is 0 Å². The Morgan fingerprint density at radius 2 is 1.74 bits per heavy atom. The number of hydrogen-bond acceptors (Lipinski definition) is 7. The zero-order valence-electron chi connectivity index (χ0n) is 21.5. The number of anilines is 1. The number of aryl methyl sites for hydroxylation is 1. The number of halogens is 4. The van der Waals surface area contributed by atoms with Crippen LogP contribution in [0.2, 0.25) is 0 Å². The Hall–Kier alpha value is -3.29. The van der Waals surface area contributed by atoms with E-state index >= 15 is 0 Å². The molecule has 0 saturated carbocycles. The Labute approximate surface area is 223 Å². The summed E-state index contributed by atoms with van der Waals surface area (Å²) in [5.41, 5.74) is 1.36. The number of sulfone groups is 1. The summed E-state index contributed by atoms with van der Waals surface area (Å²) in [4.78, 5) is 35.0. The van der Waals surface area contributed by atoms with E-state index in [1.807, 2.05) is 17.3 Å². The van der Waals surface area contributed by atoms with Crippen LogP contribution in [-0.4, -0.2) is 78.4 Å². The minimum absolute atomic E-state index is 0.0427. The number of benzene rings is 1. The molecule has 14 heteroatoms. The van der Waals surface area contributed by atoms with Gasteiger partial charge in [0.05, 0.1) is 23.0 Å². The second-order valence-electron chi connectivity index (χ2n) is 9.49. The molecule has 1 atom stereocenters. The summed E-state index contributed by atoms with van der Waals surface area (Å²) in [5.74, 6) is -2.64. The van der Waals surface area contributed by atoms with Gasteiger partial charge in [-0.05, 0) is 49.8 Å². The quantitative estimate of drug-likeness (QED) is 0.522. The van der Waals surface area contributed by atoms with Crippen LogP contribution in [0.15, 0.2) is 35.5 Å². The van der Waals surface area contributed by atoms with E-state index in [2.05, 4.69) is 21.8 Å². The van der Waals surface area contributed by atoms with Gasteiger partial charge in [-0.3, -0.25) is 9.78 Å². The summed E-state index contributed by atoms with van der Waals surface area (Å²) < 4.78 is 69.4. The molecule has 214 valence electrons. The zero-order valence-corrected chi connectivity index (χ0v) is 22.3. The Bertz CT molecular complexity index is 1280. The highest BCUT2D eigenvalue weighted by molar-refractivity contribution is 7.90. The van der Waals surface area contributed by atoms with Crippen molar-refractivity contribution in [1.82, 2.24) is 14.9 Å². The van der Waals surface area contributed by atoms with Gasteiger partial charge in [-0.1, -0.05) is 13.0 Å². The highest BCUT2D eigenvalue weighted by Crippen LogP contribution is 2.30. The van der Waals surface area contributed by atoms with E-state index in [0.29, 0.717) is 24.9 Å². The van der Waals surface area contributed by atoms with Gasteiger partial charge in [0.1, 0.15) is 11.6 Å². The summed E-state index contributed by atoms with van der Waals surface area (Å²) in [6, 6.07) is 4.14. The standard InChI is InChI=1S/C23H29FN4O3S.C2HF3O2/c1-3-18-14-26-22(15-25-18)27-9-7-19(8-10-27)28-11-6-17(23(28)29)12-16-4-5-20(13-21(16)24)32(2,30)31;3-2(4,5)1(6)7/h4-5,13-15,17,19H,3,6-12H2,1-2H3;(H,6,7)/t17-;/m1./s1. The molecule has 0 unspecified atom stereocenters. The molecule has 2 aliphatic heterocycles. The molecule has 1 aromatic heterocycles. The molecule has 1 amide bonds. The Morgan fingerprint density at radius 3 is 2.23 bits per heavy atom.